The maximum absolute atomic E-state index is 13.2. The molecule has 0 aromatic rings. The van der Waals surface area contributed by atoms with E-state index < -0.39 is 18.2 Å². The van der Waals surface area contributed by atoms with Gasteiger partial charge in [0.25, 0.3) is 0 Å². The first-order valence-electron chi connectivity index (χ1n) is 25.7. The van der Waals surface area contributed by atoms with Crippen molar-refractivity contribution in [2.45, 2.75) is 283 Å². The summed E-state index contributed by atoms with van der Waals surface area (Å²) in [4.78, 5) is 26.1. The number of carbonyl (C=O) groups excluding carboxylic acids is 2. The number of aliphatic hydroxyl groups excluding tert-OH is 2. The number of esters is 1. The van der Waals surface area contributed by atoms with Gasteiger partial charge in [0.05, 0.1) is 25.2 Å². The van der Waals surface area contributed by atoms with Gasteiger partial charge >= 0.3 is 5.97 Å². The van der Waals surface area contributed by atoms with E-state index in [1.165, 1.54) is 141 Å². The summed E-state index contributed by atoms with van der Waals surface area (Å²) in [6.07, 6.45) is 54.9. The minimum Gasteiger partial charge on any atom is -0.462 e. The van der Waals surface area contributed by atoms with E-state index in [2.05, 4.69) is 62.5 Å². The van der Waals surface area contributed by atoms with Gasteiger partial charge in [-0.05, 0) is 57.8 Å². The molecule has 0 fully saturated rings. The zero-order valence-electron chi connectivity index (χ0n) is 39.4. The summed E-state index contributed by atoms with van der Waals surface area (Å²) in [5, 5.41) is 23.8. The summed E-state index contributed by atoms with van der Waals surface area (Å²) >= 11 is 0. The zero-order chi connectivity index (χ0) is 43.1. The van der Waals surface area contributed by atoms with E-state index in [1.807, 2.05) is 0 Å². The lowest BCUT2D eigenvalue weighted by Crippen LogP contribution is -2.46. The van der Waals surface area contributed by atoms with Crippen molar-refractivity contribution in [3.05, 3.63) is 36.5 Å². The van der Waals surface area contributed by atoms with Crippen molar-refractivity contribution >= 4 is 11.9 Å². The summed E-state index contributed by atoms with van der Waals surface area (Å²) in [6, 6.07) is -0.710. The third-order valence-corrected chi connectivity index (χ3v) is 11.7. The van der Waals surface area contributed by atoms with Crippen molar-refractivity contribution in [2.75, 3.05) is 6.61 Å². The summed E-state index contributed by atoms with van der Waals surface area (Å²) < 4.78 is 5.91. The highest BCUT2D eigenvalue weighted by Crippen LogP contribution is 2.18. The van der Waals surface area contributed by atoms with Gasteiger partial charge < -0.3 is 20.3 Å². The lowest BCUT2D eigenvalue weighted by atomic mass is 10.0. The van der Waals surface area contributed by atoms with Gasteiger partial charge in [0.2, 0.25) is 5.91 Å². The van der Waals surface area contributed by atoms with Gasteiger partial charge in [0.15, 0.2) is 0 Å². The second kappa shape index (κ2) is 47.1. The SMILES string of the molecule is CC/C=C/C/C=C/C/C=C/CCCCC(CC(=O)NC(CO)C(O)CCCCCCCCCCCCCCCCC)OC(=O)CCCCCCCCCCCCCCC. The average molecular weight is 830 g/mol. The molecule has 0 aromatic carbocycles. The van der Waals surface area contributed by atoms with Gasteiger partial charge in [-0.3, -0.25) is 9.59 Å². The molecule has 0 radical (unpaired) electrons. The first kappa shape index (κ1) is 57.1. The molecule has 0 bridgehead atoms. The molecule has 3 N–H and O–H groups in total. The molecule has 6 heteroatoms. The Balaban J connectivity index is 4.55. The number of ether oxygens (including phenoxy) is 1. The Hall–Kier alpha value is -1.92. The van der Waals surface area contributed by atoms with Gasteiger partial charge in [-0.2, -0.15) is 0 Å². The van der Waals surface area contributed by atoms with Crippen molar-refractivity contribution < 1.29 is 24.5 Å². The number of aliphatic hydroxyl groups is 2. The molecule has 0 rings (SSSR count). The number of allylic oxidation sites excluding steroid dienone is 6. The lowest BCUT2D eigenvalue weighted by Gasteiger charge is -2.24. The van der Waals surface area contributed by atoms with Crippen LogP contribution >= 0.6 is 0 Å². The Labute approximate surface area is 366 Å². The van der Waals surface area contributed by atoms with Crippen LogP contribution in [0.3, 0.4) is 0 Å². The summed E-state index contributed by atoms with van der Waals surface area (Å²) in [5.41, 5.74) is 0. The fourth-order valence-corrected chi connectivity index (χ4v) is 7.86. The van der Waals surface area contributed by atoms with Crippen LogP contribution in [0.4, 0.5) is 0 Å². The fraction of sp³-hybridized carbons (Fsp3) is 0.849. The maximum atomic E-state index is 13.2. The third kappa shape index (κ3) is 42.6. The maximum Gasteiger partial charge on any atom is 0.306 e. The molecule has 3 atom stereocenters. The highest BCUT2D eigenvalue weighted by molar-refractivity contribution is 5.77. The van der Waals surface area contributed by atoms with E-state index in [-0.39, 0.29) is 24.9 Å². The van der Waals surface area contributed by atoms with Crippen molar-refractivity contribution in [2.24, 2.45) is 0 Å². The third-order valence-electron chi connectivity index (χ3n) is 11.7. The Bertz CT molecular complexity index is 977. The van der Waals surface area contributed by atoms with E-state index in [0.717, 1.165) is 77.0 Å². The van der Waals surface area contributed by atoms with Crippen LogP contribution in [0.1, 0.15) is 265 Å². The molecule has 346 valence electrons. The van der Waals surface area contributed by atoms with Crippen LogP contribution in [0.5, 0.6) is 0 Å². The molecule has 0 aliphatic rings. The van der Waals surface area contributed by atoms with Crippen LogP contribution in [-0.4, -0.2) is 46.9 Å². The number of hydrogen-bond donors (Lipinski definition) is 3. The molecule has 0 saturated carbocycles. The molecule has 0 aromatic heterocycles. The van der Waals surface area contributed by atoms with Gasteiger partial charge in [-0.15, -0.1) is 0 Å². The minimum absolute atomic E-state index is 0.0552. The highest BCUT2D eigenvalue weighted by atomic mass is 16.5. The largest absolute Gasteiger partial charge is 0.462 e. The molecule has 6 nitrogen and oxygen atoms in total. The summed E-state index contributed by atoms with van der Waals surface area (Å²) in [5.74, 6) is -0.503. The number of nitrogens with one attached hydrogen (secondary N) is 1. The number of amides is 1. The molecule has 59 heavy (non-hydrogen) atoms. The van der Waals surface area contributed by atoms with E-state index in [0.29, 0.717) is 19.3 Å². The summed E-state index contributed by atoms with van der Waals surface area (Å²) in [6.45, 7) is 6.37. The van der Waals surface area contributed by atoms with Crippen LogP contribution in [0.15, 0.2) is 36.5 Å². The number of unbranched alkanes of at least 4 members (excludes halogenated alkanes) is 28. The van der Waals surface area contributed by atoms with Crippen molar-refractivity contribution in [3.63, 3.8) is 0 Å². The molecule has 0 heterocycles. The second-order valence-electron chi connectivity index (χ2n) is 17.5. The average Bonchev–Trinajstić information content (AvgIpc) is 3.23. The number of rotatable bonds is 46. The van der Waals surface area contributed by atoms with Crippen molar-refractivity contribution in [1.82, 2.24) is 5.32 Å². The number of hydrogen-bond acceptors (Lipinski definition) is 5. The Morgan fingerprint density at radius 2 is 0.915 bits per heavy atom. The lowest BCUT2D eigenvalue weighted by molar-refractivity contribution is -0.151. The molecule has 0 saturated heterocycles. The van der Waals surface area contributed by atoms with Gasteiger partial charge in [-0.25, -0.2) is 0 Å². The van der Waals surface area contributed by atoms with E-state index in [4.69, 9.17) is 4.74 Å². The minimum atomic E-state index is -0.795. The Kier molecular flexibility index (Phi) is 45.6. The standard InChI is InChI=1S/C53H99NO5/c1-4-7-10-13-16-19-22-25-26-28-30-33-36-39-42-45-51(56)50(48-55)54-52(57)47-49(44-41-38-35-32-29-24-21-18-15-12-9-6-3)59-53(58)46-43-40-37-34-31-27-23-20-17-14-11-8-5-2/h9,12,18,21,29,32,49-51,55-56H,4-8,10-11,13-17,19-20,22-28,30-31,33-48H2,1-3H3,(H,54,57)/b12-9+,21-18+,32-29+. The van der Waals surface area contributed by atoms with Crippen LogP contribution < -0.4 is 5.32 Å². The Morgan fingerprint density at radius 1 is 0.508 bits per heavy atom. The molecule has 0 aliphatic carbocycles. The fourth-order valence-electron chi connectivity index (χ4n) is 7.86. The molecule has 0 aliphatic heterocycles. The van der Waals surface area contributed by atoms with E-state index >= 15 is 0 Å². The smallest absolute Gasteiger partial charge is 0.306 e. The zero-order valence-corrected chi connectivity index (χ0v) is 39.4. The van der Waals surface area contributed by atoms with Crippen LogP contribution in [0.2, 0.25) is 0 Å². The van der Waals surface area contributed by atoms with Gasteiger partial charge in [0, 0.05) is 6.42 Å². The first-order valence-corrected chi connectivity index (χ1v) is 25.7. The molecular formula is C53H99NO5. The predicted molar refractivity (Wildman–Crippen MR) is 255 cm³/mol. The second-order valence-corrected chi connectivity index (χ2v) is 17.5. The van der Waals surface area contributed by atoms with Crippen LogP contribution in [0.25, 0.3) is 0 Å². The Morgan fingerprint density at radius 3 is 1.37 bits per heavy atom. The van der Waals surface area contributed by atoms with Crippen molar-refractivity contribution in [1.29, 1.82) is 0 Å². The predicted octanol–water partition coefficient (Wildman–Crippen LogP) is 15.3. The topological polar surface area (TPSA) is 95.9 Å². The first-order chi connectivity index (χ1) is 29.0. The van der Waals surface area contributed by atoms with Crippen LogP contribution in [-0.2, 0) is 14.3 Å². The number of carbonyl (C=O) groups is 2. The summed E-state index contributed by atoms with van der Waals surface area (Å²) in [7, 11) is 0. The van der Waals surface area contributed by atoms with E-state index in [9.17, 15) is 19.8 Å². The highest BCUT2D eigenvalue weighted by Gasteiger charge is 2.24. The van der Waals surface area contributed by atoms with Crippen LogP contribution in [0, 0.1) is 0 Å². The molecule has 3 unspecified atom stereocenters. The van der Waals surface area contributed by atoms with E-state index in [1.54, 1.807) is 0 Å². The van der Waals surface area contributed by atoms with Gasteiger partial charge in [0.1, 0.15) is 6.10 Å². The molecular weight excluding hydrogens is 731 g/mol. The molecule has 1 amide bonds. The monoisotopic (exact) mass is 830 g/mol. The van der Waals surface area contributed by atoms with Gasteiger partial charge in [-0.1, -0.05) is 231 Å². The normalized spacial score (nSPS) is 13.5. The van der Waals surface area contributed by atoms with Crippen molar-refractivity contribution in [3.8, 4) is 0 Å². The quantitative estimate of drug-likeness (QED) is 0.0323. The molecule has 0 spiro atoms.